The molecule has 21 heavy (non-hydrogen) atoms. The zero-order valence-corrected chi connectivity index (χ0v) is 12.6. The number of rotatable bonds is 4. The van der Waals surface area contributed by atoms with E-state index in [2.05, 4.69) is 10.5 Å². The van der Waals surface area contributed by atoms with Gasteiger partial charge >= 0.3 is 12.0 Å². The average molecular weight is 317 g/mol. The smallest absolute Gasteiger partial charge is 0.332 e. The van der Waals surface area contributed by atoms with E-state index in [9.17, 15) is 18.0 Å². The molecule has 0 saturated carbocycles. The first kappa shape index (κ1) is 15.3. The molecule has 0 aromatic carbocycles. The Morgan fingerprint density at radius 3 is 2.71 bits per heavy atom. The van der Waals surface area contributed by atoms with Gasteiger partial charge in [0.2, 0.25) is 0 Å². The van der Waals surface area contributed by atoms with Gasteiger partial charge in [-0.15, -0.1) is 0 Å². The Balaban J connectivity index is 2.46. The summed E-state index contributed by atoms with van der Waals surface area (Å²) >= 11 is 0. The van der Waals surface area contributed by atoms with Gasteiger partial charge < -0.3 is 14.6 Å². The van der Waals surface area contributed by atoms with E-state index < -0.39 is 28.1 Å². The van der Waals surface area contributed by atoms with Gasteiger partial charge in [-0.3, -0.25) is 0 Å². The third kappa shape index (κ3) is 2.46. The molecular weight excluding hydrogens is 302 g/mol. The van der Waals surface area contributed by atoms with E-state index in [1.54, 1.807) is 6.92 Å². The highest BCUT2D eigenvalue weighted by Crippen LogP contribution is 2.27. The molecule has 116 valence electrons. The number of hydrogen-bond acceptors (Lipinski definition) is 7. The van der Waals surface area contributed by atoms with Crippen LogP contribution in [0, 0.1) is 13.8 Å². The number of carbonyl (C=O) groups is 2. The Bertz CT molecular complexity index is 661. The van der Waals surface area contributed by atoms with Crippen LogP contribution in [0.1, 0.15) is 18.4 Å². The number of hydrogen-bond donors (Lipinski definition) is 1. The predicted molar refractivity (Wildman–Crippen MR) is 68.8 cm³/mol. The zero-order valence-electron chi connectivity index (χ0n) is 11.7. The van der Waals surface area contributed by atoms with Crippen molar-refractivity contribution in [1.82, 2.24) is 14.8 Å². The Labute approximate surface area is 121 Å². The van der Waals surface area contributed by atoms with Crippen molar-refractivity contribution in [2.24, 2.45) is 0 Å². The van der Waals surface area contributed by atoms with Gasteiger partial charge in [0.15, 0.2) is 16.7 Å². The number of nitrogens with zero attached hydrogens (tertiary/aromatic N) is 2. The van der Waals surface area contributed by atoms with E-state index in [1.165, 1.54) is 13.8 Å². The van der Waals surface area contributed by atoms with Crippen LogP contribution in [-0.4, -0.2) is 49.1 Å². The van der Waals surface area contributed by atoms with Crippen LogP contribution in [0.2, 0.25) is 0 Å². The van der Waals surface area contributed by atoms with Crippen LogP contribution in [0.5, 0.6) is 0 Å². The highest BCUT2D eigenvalue weighted by atomic mass is 32.2. The van der Waals surface area contributed by atoms with Crippen LogP contribution in [0.3, 0.4) is 0 Å². The van der Waals surface area contributed by atoms with Gasteiger partial charge in [-0.1, -0.05) is 5.16 Å². The number of nitrogens with one attached hydrogen (secondary N) is 1. The van der Waals surface area contributed by atoms with Gasteiger partial charge in [-0.05, 0) is 20.8 Å². The van der Waals surface area contributed by atoms with E-state index in [0.29, 0.717) is 4.31 Å². The maximum absolute atomic E-state index is 12.6. The van der Waals surface area contributed by atoms with Crippen LogP contribution in [0.25, 0.3) is 0 Å². The molecule has 1 aromatic heterocycles. The first-order chi connectivity index (χ1) is 9.80. The number of esters is 1. The summed E-state index contributed by atoms with van der Waals surface area (Å²) in [4.78, 5) is 23.4. The number of aromatic nitrogens is 1. The van der Waals surface area contributed by atoms with Crippen LogP contribution in [0.4, 0.5) is 4.79 Å². The molecule has 0 aliphatic carbocycles. The van der Waals surface area contributed by atoms with Gasteiger partial charge in [-0.2, -0.15) is 0 Å². The number of ether oxygens (including phenoxy) is 1. The van der Waals surface area contributed by atoms with Crippen molar-refractivity contribution < 1.29 is 27.3 Å². The van der Waals surface area contributed by atoms with Gasteiger partial charge in [0.1, 0.15) is 5.69 Å². The second kappa shape index (κ2) is 5.35. The number of aryl methyl sites for hydroxylation is 2. The molecule has 2 rings (SSSR count). The fraction of sp³-hybridized carbons (Fsp3) is 0.545. The molecule has 1 aliphatic rings. The van der Waals surface area contributed by atoms with E-state index in [-0.39, 0.29) is 29.5 Å². The number of sulfonamides is 1. The lowest BCUT2D eigenvalue weighted by Crippen LogP contribution is -2.44. The van der Waals surface area contributed by atoms with Crippen molar-refractivity contribution in [2.75, 3.05) is 13.2 Å². The maximum Gasteiger partial charge on any atom is 0.332 e. The Morgan fingerprint density at radius 1 is 1.52 bits per heavy atom. The first-order valence-corrected chi connectivity index (χ1v) is 7.66. The van der Waals surface area contributed by atoms with Crippen LogP contribution < -0.4 is 5.32 Å². The molecule has 1 aromatic rings. The standard InChI is InChI=1S/C11H15N3O6S/c1-4-19-10(15)8-5-12-11(16)14(8)21(17,18)9-6(2)13-20-7(9)3/h8H,4-5H2,1-3H3,(H,12,16)/t8-/m0/s1. The molecule has 1 atom stereocenters. The van der Waals surface area contributed by atoms with E-state index >= 15 is 0 Å². The Hall–Kier alpha value is -2.10. The van der Waals surface area contributed by atoms with E-state index in [4.69, 9.17) is 9.26 Å². The first-order valence-electron chi connectivity index (χ1n) is 6.22. The molecule has 0 bridgehead atoms. The van der Waals surface area contributed by atoms with Crippen molar-refractivity contribution in [3.63, 3.8) is 0 Å². The third-order valence-electron chi connectivity index (χ3n) is 2.97. The van der Waals surface area contributed by atoms with Gasteiger partial charge in [0.25, 0.3) is 10.0 Å². The molecule has 1 N–H and O–H groups in total. The molecule has 1 fully saturated rings. The van der Waals surface area contributed by atoms with Crippen molar-refractivity contribution in [3.8, 4) is 0 Å². The minimum Gasteiger partial charge on any atom is -0.464 e. The van der Waals surface area contributed by atoms with Crippen LogP contribution in [0.15, 0.2) is 9.42 Å². The highest BCUT2D eigenvalue weighted by molar-refractivity contribution is 7.89. The predicted octanol–water partition coefficient (Wildman–Crippen LogP) is -0.0630. The highest BCUT2D eigenvalue weighted by Gasteiger charge is 2.47. The minimum absolute atomic E-state index is 0.0507. The number of amides is 2. The Kier molecular flexibility index (Phi) is 3.90. The summed E-state index contributed by atoms with van der Waals surface area (Å²) in [6, 6.07) is -2.12. The summed E-state index contributed by atoms with van der Waals surface area (Å²) in [6.45, 7) is 4.40. The second-order valence-corrected chi connectivity index (χ2v) is 6.16. The second-order valence-electron chi connectivity index (χ2n) is 4.41. The summed E-state index contributed by atoms with van der Waals surface area (Å²) < 4.78 is 35.3. The lowest BCUT2D eigenvalue weighted by molar-refractivity contribution is -0.146. The zero-order chi connectivity index (χ0) is 15.8. The van der Waals surface area contributed by atoms with Crippen molar-refractivity contribution in [2.45, 2.75) is 31.7 Å². The van der Waals surface area contributed by atoms with Gasteiger partial charge in [0, 0.05) is 0 Å². The topological polar surface area (TPSA) is 119 Å². The molecule has 0 radical (unpaired) electrons. The normalized spacial score (nSPS) is 18.7. The fourth-order valence-corrected chi connectivity index (χ4v) is 3.91. The largest absolute Gasteiger partial charge is 0.464 e. The monoisotopic (exact) mass is 317 g/mol. The van der Waals surface area contributed by atoms with Gasteiger partial charge in [0.05, 0.1) is 13.2 Å². The van der Waals surface area contributed by atoms with Crippen LogP contribution >= 0.6 is 0 Å². The van der Waals surface area contributed by atoms with Crippen molar-refractivity contribution >= 4 is 22.0 Å². The molecule has 1 saturated heterocycles. The quantitative estimate of drug-likeness (QED) is 0.772. The van der Waals surface area contributed by atoms with Crippen LogP contribution in [-0.2, 0) is 19.6 Å². The molecule has 2 heterocycles. The summed E-state index contributed by atoms with van der Waals surface area (Å²) in [5, 5.41) is 5.88. The summed E-state index contributed by atoms with van der Waals surface area (Å²) in [5.41, 5.74) is 0.120. The lowest BCUT2D eigenvalue weighted by Gasteiger charge is -2.20. The maximum atomic E-state index is 12.6. The molecule has 1 aliphatic heterocycles. The Morgan fingerprint density at radius 2 is 2.19 bits per heavy atom. The minimum atomic E-state index is -4.25. The molecule has 0 spiro atoms. The molecular formula is C11H15N3O6S. The fourth-order valence-electron chi connectivity index (χ4n) is 2.12. The number of carbonyl (C=O) groups excluding carboxylic acids is 2. The van der Waals surface area contributed by atoms with E-state index in [0.717, 1.165) is 0 Å². The summed E-state index contributed by atoms with van der Waals surface area (Å²) in [6.07, 6.45) is 0. The van der Waals surface area contributed by atoms with Gasteiger partial charge in [-0.25, -0.2) is 22.3 Å². The molecule has 10 heteroatoms. The summed E-state index contributed by atoms with van der Waals surface area (Å²) in [7, 11) is -4.25. The van der Waals surface area contributed by atoms with Crippen molar-refractivity contribution in [1.29, 1.82) is 0 Å². The van der Waals surface area contributed by atoms with E-state index in [1.807, 2.05) is 0 Å². The SMILES string of the molecule is CCOC(=O)[C@@H]1CNC(=O)N1S(=O)(=O)c1c(C)noc1C. The molecule has 2 amide bonds. The lowest BCUT2D eigenvalue weighted by atomic mass is 10.3. The molecule has 0 unspecified atom stereocenters. The average Bonchev–Trinajstić information content (AvgIpc) is 2.93. The summed E-state index contributed by atoms with van der Waals surface area (Å²) in [5.74, 6) is -0.735. The van der Waals surface area contributed by atoms with Crippen molar-refractivity contribution in [3.05, 3.63) is 11.5 Å². The third-order valence-corrected chi connectivity index (χ3v) is 5.01. The molecule has 9 nitrogen and oxygen atoms in total. The number of urea groups is 1.